The van der Waals surface area contributed by atoms with Crippen molar-refractivity contribution in [2.24, 2.45) is 5.92 Å². The molecule has 0 amide bonds. The molecule has 6 heteroatoms. The van der Waals surface area contributed by atoms with Crippen LogP contribution in [0.5, 0.6) is 17.2 Å². The number of carboxylic acids is 1. The number of hydrogen-bond acceptors (Lipinski definition) is 4. The van der Waals surface area contributed by atoms with Gasteiger partial charge in [-0.25, -0.2) is 4.79 Å². The number of aliphatic carboxylic acids is 1. The van der Waals surface area contributed by atoms with Gasteiger partial charge in [-0.15, -0.1) is 0 Å². The molecule has 1 N–H and O–H groups in total. The first-order valence-corrected chi connectivity index (χ1v) is 10.7. The molecule has 0 spiro atoms. The van der Waals surface area contributed by atoms with Crippen LogP contribution in [0.25, 0.3) is 0 Å². The summed E-state index contributed by atoms with van der Waals surface area (Å²) in [6.45, 7) is 6.92. The summed E-state index contributed by atoms with van der Waals surface area (Å²) >= 11 is 6.32. The molecule has 1 aliphatic heterocycles. The van der Waals surface area contributed by atoms with Crippen LogP contribution in [0.4, 0.5) is 0 Å². The minimum atomic E-state index is -1.19. The Hall–Kier alpha value is -2.40. The first kappa shape index (κ1) is 22.3. The summed E-state index contributed by atoms with van der Waals surface area (Å²) in [5.41, 5.74) is 1.02. The van der Waals surface area contributed by atoms with Crippen molar-refractivity contribution < 1.29 is 24.1 Å². The molecule has 1 aliphatic rings. The molecule has 0 fully saturated rings. The number of aryl methyl sites for hydroxylation is 1. The van der Waals surface area contributed by atoms with E-state index in [0.29, 0.717) is 60.7 Å². The zero-order chi connectivity index (χ0) is 21.7. The van der Waals surface area contributed by atoms with Gasteiger partial charge in [0, 0.05) is 18.9 Å². The molecule has 3 rings (SSSR count). The van der Waals surface area contributed by atoms with Gasteiger partial charge in [0.15, 0.2) is 0 Å². The van der Waals surface area contributed by atoms with Gasteiger partial charge in [0.25, 0.3) is 0 Å². The van der Waals surface area contributed by atoms with Gasteiger partial charge >= 0.3 is 5.97 Å². The lowest BCUT2D eigenvalue weighted by Crippen LogP contribution is -2.44. The lowest BCUT2D eigenvalue weighted by atomic mass is 9.93. The Morgan fingerprint density at radius 1 is 1.20 bits per heavy atom. The minimum Gasteiger partial charge on any atom is -0.493 e. The topological polar surface area (TPSA) is 65.0 Å². The summed E-state index contributed by atoms with van der Waals surface area (Å²) < 4.78 is 17.3. The van der Waals surface area contributed by atoms with Crippen LogP contribution in [-0.2, 0) is 17.6 Å². The van der Waals surface area contributed by atoms with Gasteiger partial charge in [0.05, 0.1) is 18.2 Å². The average Bonchev–Trinajstić information content (AvgIpc) is 2.68. The number of hydrogen-bond donors (Lipinski definition) is 1. The van der Waals surface area contributed by atoms with Crippen LogP contribution >= 0.6 is 11.6 Å². The molecule has 1 heterocycles. The number of benzene rings is 2. The molecule has 0 aliphatic carbocycles. The smallest absolute Gasteiger partial charge is 0.347 e. The van der Waals surface area contributed by atoms with Crippen molar-refractivity contribution in [1.29, 1.82) is 0 Å². The number of halogens is 1. The summed E-state index contributed by atoms with van der Waals surface area (Å²) in [5, 5.41) is 10.0. The molecule has 0 unspecified atom stereocenters. The van der Waals surface area contributed by atoms with E-state index in [1.807, 2.05) is 24.3 Å². The number of ether oxygens (including phenoxy) is 3. The summed E-state index contributed by atoms with van der Waals surface area (Å²) in [7, 11) is 0. The maximum Gasteiger partial charge on any atom is 0.347 e. The van der Waals surface area contributed by atoms with Crippen molar-refractivity contribution in [3.05, 3.63) is 52.5 Å². The van der Waals surface area contributed by atoms with E-state index in [2.05, 4.69) is 19.9 Å². The SMILES string of the molecule is CC(C)Cc1ccc(OCCCOc2ccc3c(c2)O[C@@](C)(C(=O)O)CC3)c(Cl)c1. The number of carboxylic acid groups (broad SMARTS) is 1. The molecule has 0 saturated carbocycles. The fraction of sp³-hybridized carbons (Fsp3) is 0.458. The fourth-order valence-corrected chi connectivity index (χ4v) is 3.69. The Balaban J connectivity index is 1.47. The Kier molecular flexibility index (Phi) is 7.14. The molecule has 1 atom stereocenters. The van der Waals surface area contributed by atoms with Gasteiger partial charge in [-0.05, 0) is 55.0 Å². The molecular formula is C24H29ClO5. The van der Waals surface area contributed by atoms with Gasteiger partial charge < -0.3 is 19.3 Å². The van der Waals surface area contributed by atoms with Crippen molar-refractivity contribution in [2.75, 3.05) is 13.2 Å². The van der Waals surface area contributed by atoms with E-state index in [0.717, 1.165) is 12.0 Å². The van der Waals surface area contributed by atoms with Crippen LogP contribution < -0.4 is 14.2 Å². The molecule has 30 heavy (non-hydrogen) atoms. The maximum absolute atomic E-state index is 11.4. The highest BCUT2D eigenvalue weighted by atomic mass is 35.5. The Morgan fingerprint density at radius 2 is 1.97 bits per heavy atom. The van der Waals surface area contributed by atoms with Gasteiger partial charge in [0.1, 0.15) is 17.2 Å². The normalized spacial score (nSPS) is 17.9. The van der Waals surface area contributed by atoms with E-state index in [1.165, 1.54) is 5.56 Å². The highest BCUT2D eigenvalue weighted by Crippen LogP contribution is 2.36. The molecule has 5 nitrogen and oxygen atoms in total. The first-order valence-electron chi connectivity index (χ1n) is 10.4. The van der Waals surface area contributed by atoms with Crippen molar-refractivity contribution >= 4 is 17.6 Å². The van der Waals surface area contributed by atoms with Crippen LogP contribution in [0.3, 0.4) is 0 Å². The second-order valence-electron chi connectivity index (χ2n) is 8.32. The van der Waals surface area contributed by atoms with Gasteiger partial charge in [-0.1, -0.05) is 37.6 Å². The highest BCUT2D eigenvalue weighted by molar-refractivity contribution is 6.32. The third-order valence-electron chi connectivity index (χ3n) is 5.15. The molecule has 0 bridgehead atoms. The molecule has 0 radical (unpaired) electrons. The van der Waals surface area contributed by atoms with E-state index in [1.54, 1.807) is 13.0 Å². The van der Waals surface area contributed by atoms with Crippen LogP contribution in [0, 0.1) is 5.92 Å². The van der Waals surface area contributed by atoms with Gasteiger partial charge in [0.2, 0.25) is 5.60 Å². The van der Waals surface area contributed by atoms with E-state index in [4.69, 9.17) is 25.8 Å². The standard InChI is InChI=1S/C24H29ClO5/c1-16(2)13-17-5-8-21(20(25)14-17)29-12-4-11-28-19-7-6-18-9-10-24(3,23(26)27)30-22(18)15-19/h5-8,14-16H,4,9-13H2,1-3H3,(H,26,27)/t24-/m1/s1. The molecule has 0 aromatic heterocycles. The number of carbonyl (C=O) groups is 1. The van der Waals surface area contributed by atoms with E-state index >= 15 is 0 Å². The molecule has 2 aromatic carbocycles. The molecular weight excluding hydrogens is 404 g/mol. The Labute approximate surface area is 182 Å². The summed E-state index contributed by atoms with van der Waals surface area (Å²) in [4.78, 5) is 11.4. The van der Waals surface area contributed by atoms with Crippen molar-refractivity contribution in [1.82, 2.24) is 0 Å². The summed E-state index contributed by atoms with van der Waals surface area (Å²) in [6.07, 6.45) is 2.80. The fourth-order valence-electron chi connectivity index (χ4n) is 3.43. The van der Waals surface area contributed by atoms with Crippen LogP contribution in [0.1, 0.15) is 44.7 Å². The highest BCUT2D eigenvalue weighted by Gasteiger charge is 2.39. The van der Waals surface area contributed by atoms with Gasteiger partial charge in [-0.3, -0.25) is 0 Å². The Bertz CT molecular complexity index is 895. The third-order valence-corrected chi connectivity index (χ3v) is 5.45. The second kappa shape index (κ2) is 9.61. The van der Waals surface area contributed by atoms with Crippen LogP contribution in [0.15, 0.2) is 36.4 Å². The number of rotatable bonds is 9. The van der Waals surface area contributed by atoms with E-state index in [-0.39, 0.29) is 0 Å². The predicted octanol–water partition coefficient (Wildman–Crippen LogP) is 5.55. The minimum absolute atomic E-state index is 0.452. The number of fused-ring (bicyclic) bond motifs is 1. The second-order valence-corrected chi connectivity index (χ2v) is 8.73. The van der Waals surface area contributed by atoms with Crippen molar-refractivity contribution in [3.8, 4) is 17.2 Å². The summed E-state index contributed by atoms with van der Waals surface area (Å²) in [5.74, 6) is 1.54. The van der Waals surface area contributed by atoms with Crippen molar-refractivity contribution in [3.63, 3.8) is 0 Å². The predicted molar refractivity (Wildman–Crippen MR) is 117 cm³/mol. The van der Waals surface area contributed by atoms with E-state index in [9.17, 15) is 9.90 Å². The van der Waals surface area contributed by atoms with E-state index < -0.39 is 11.6 Å². The first-order chi connectivity index (χ1) is 14.3. The zero-order valence-electron chi connectivity index (χ0n) is 17.7. The Morgan fingerprint density at radius 3 is 2.67 bits per heavy atom. The third kappa shape index (κ3) is 5.60. The quantitative estimate of drug-likeness (QED) is 0.526. The van der Waals surface area contributed by atoms with Crippen molar-refractivity contribution in [2.45, 2.75) is 52.1 Å². The zero-order valence-corrected chi connectivity index (χ0v) is 18.5. The maximum atomic E-state index is 11.4. The lowest BCUT2D eigenvalue weighted by molar-refractivity contribution is -0.155. The van der Waals surface area contributed by atoms with Crippen LogP contribution in [-0.4, -0.2) is 29.9 Å². The van der Waals surface area contributed by atoms with Gasteiger partial charge in [-0.2, -0.15) is 0 Å². The summed E-state index contributed by atoms with van der Waals surface area (Å²) in [6, 6.07) is 11.5. The monoisotopic (exact) mass is 432 g/mol. The average molecular weight is 433 g/mol. The van der Waals surface area contributed by atoms with Crippen LogP contribution in [0.2, 0.25) is 5.02 Å². The molecule has 0 saturated heterocycles. The lowest BCUT2D eigenvalue weighted by Gasteiger charge is -2.32. The molecule has 162 valence electrons. The largest absolute Gasteiger partial charge is 0.493 e. The molecule has 2 aromatic rings.